The molecule has 2 N–H and O–H groups in total. The highest BCUT2D eigenvalue weighted by atomic mass is 32.2. The summed E-state index contributed by atoms with van der Waals surface area (Å²) in [5.41, 5.74) is 8.86. The fourth-order valence-corrected chi connectivity index (χ4v) is 3.88. The van der Waals surface area contributed by atoms with Crippen molar-refractivity contribution in [3.63, 3.8) is 0 Å². The van der Waals surface area contributed by atoms with Crippen molar-refractivity contribution in [2.45, 2.75) is 45.4 Å². The highest BCUT2D eigenvalue weighted by molar-refractivity contribution is 7.89. The van der Waals surface area contributed by atoms with E-state index in [9.17, 15) is 8.42 Å². The Balaban J connectivity index is 3.33. The summed E-state index contributed by atoms with van der Waals surface area (Å²) in [5, 5.41) is 0. The molecule has 0 bridgehead atoms. The highest BCUT2D eigenvalue weighted by Gasteiger charge is 2.25. The molecule has 0 aliphatic carbocycles. The quantitative estimate of drug-likeness (QED) is 0.845. The molecule has 0 saturated carbocycles. The number of nitrogens with zero attached hydrogens (tertiary/aromatic N) is 1. The van der Waals surface area contributed by atoms with Gasteiger partial charge >= 0.3 is 0 Å². The van der Waals surface area contributed by atoms with Crippen molar-refractivity contribution in [3.8, 4) is 0 Å². The number of rotatable bonds is 5. The van der Waals surface area contributed by atoms with Gasteiger partial charge in [0.2, 0.25) is 10.0 Å². The van der Waals surface area contributed by atoms with E-state index in [1.54, 1.807) is 14.0 Å². The third kappa shape index (κ3) is 3.09. The Labute approximate surface area is 116 Å². The average Bonchev–Trinajstić information content (AvgIpc) is 2.32. The van der Waals surface area contributed by atoms with Crippen LogP contribution in [-0.4, -0.2) is 26.3 Å². The van der Waals surface area contributed by atoms with Gasteiger partial charge in [0.15, 0.2) is 0 Å². The Morgan fingerprint density at radius 2 is 1.79 bits per heavy atom. The molecule has 0 aliphatic heterocycles. The van der Waals surface area contributed by atoms with Crippen LogP contribution in [-0.2, 0) is 10.0 Å². The van der Waals surface area contributed by atoms with Crippen LogP contribution in [0, 0.1) is 20.8 Å². The first-order chi connectivity index (χ1) is 8.73. The zero-order valence-corrected chi connectivity index (χ0v) is 13.3. The molecule has 5 heteroatoms. The molecule has 1 aromatic carbocycles. The maximum Gasteiger partial charge on any atom is 0.243 e. The van der Waals surface area contributed by atoms with Gasteiger partial charge in [-0.3, -0.25) is 0 Å². The molecule has 0 amide bonds. The Morgan fingerprint density at radius 1 is 1.21 bits per heavy atom. The first-order valence-electron chi connectivity index (χ1n) is 6.56. The molecule has 4 nitrogen and oxygen atoms in total. The van der Waals surface area contributed by atoms with Gasteiger partial charge in [-0.05, 0) is 43.9 Å². The summed E-state index contributed by atoms with van der Waals surface area (Å²) in [4.78, 5) is 0.356. The van der Waals surface area contributed by atoms with Crippen molar-refractivity contribution in [2.75, 3.05) is 19.3 Å². The van der Waals surface area contributed by atoms with Gasteiger partial charge in [-0.25, -0.2) is 12.7 Å². The third-order valence-electron chi connectivity index (χ3n) is 3.46. The third-order valence-corrected chi connectivity index (χ3v) is 5.60. The molecule has 0 radical (unpaired) electrons. The topological polar surface area (TPSA) is 63.4 Å². The number of sulfonamides is 1. The molecule has 0 heterocycles. The van der Waals surface area contributed by atoms with Gasteiger partial charge in [0.05, 0.1) is 4.90 Å². The van der Waals surface area contributed by atoms with Crippen LogP contribution in [0.25, 0.3) is 0 Å². The molecule has 1 rings (SSSR count). The average molecular weight is 284 g/mol. The van der Waals surface area contributed by atoms with E-state index in [0.29, 0.717) is 22.7 Å². The van der Waals surface area contributed by atoms with E-state index < -0.39 is 10.0 Å². The lowest BCUT2D eigenvalue weighted by Gasteiger charge is -2.21. The van der Waals surface area contributed by atoms with Gasteiger partial charge in [0, 0.05) is 19.3 Å². The predicted molar refractivity (Wildman–Crippen MR) is 79.8 cm³/mol. The molecule has 0 aliphatic rings. The molecule has 0 atom stereocenters. The maximum absolute atomic E-state index is 12.6. The zero-order valence-electron chi connectivity index (χ0n) is 12.4. The van der Waals surface area contributed by atoms with Gasteiger partial charge in [-0.2, -0.15) is 0 Å². The first-order valence-corrected chi connectivity index (χ1v) is 8.00. The van der Waals surface area contributed by atoms with Gasteiger partial charge in [-0.15, -0.1) is 0 Å². The van der Waals surface area contributed by atoms with Crippen molar-refractivity contribution < 1.29 is 8.42 Å². The van der Waals surface area contributed by atoms with Gasteiger partial charge in [-0.1, -0.05) is 19.4 Å². The van der Waals surface area contributed by atoms with E-state index in [1.807, 2.05) is 26.8 Å². The van der Waals surface area contributed by atoms with E-state index in [2.05, 4.69) is 0 Å². The lowest BCUT2D eigenvalue weighted by molar-refractivity contribution is 0.458. The number of hydrogen-bond donors (Lipinski definition) is 1. The molecular formula is C14H24N2O2S. The second kappa shape index (κ2) is 5.92. The summed E-state index contributed by atoms with van der Waals surface area (Å²) >= 11 is 0. The van der Waals surface area contributed by atoms with Crippen molar-refractivity contribution in [1.82, 2.24) is 4.31 Å². The summed E-state index contributed by atoms with van der Waals surface area (Å²) in [6.45, 7) is 8.06. The molecule has 0 unspecified atom stereocenters. The molecule has 19 heavy (non-hydrogen) atoms. The second-order valence-electron chi connectivity index (χ2n) is 5.06. The van der Waals surface area contributed by atoms with Crippen LogP contribution in [0.5, 0.6) is 0 Å². The standard InChI is InChI=1S/C14H24N2O2S/c1-6-7-8-16(5)19(17,18)14-11(3)9-10(2)13(15)12(14)4/h9H,6-8,15H2,1-5H3. The summed E-state index contributed by atoms with van der Waals surface area (Å²) in [6.07, 6.45) is 1.82. The molecule has 0 spiro atoms. The number of aryl methyl sites for hydroxylation is 2. The lowest BCUT2D eigenvalue weighted by Crippen LogP contribution is -2.29. The van der Waals surface area contributed by atoms with Crippen LogP contribution in [0.4, 0.5) is 5.69 Å². The SMILES string of the molecule is CCCCN(C)S(=O)(=O)c1c(C)cc(C)c(N)c1C. The number of nitrogens with two attached hydrogens (primary N) is 1. The Bertz CT molecular complexity index is 565. The number of benzene rings is 1. The van der Waals surface area contributed by atoms with Crippen LogP contribution >= 0.6 is 0 Å². The lowest BCUT2D eigenvalue weighted by atomic mass is 10.1. The minimum absolute atomic E-state index is 0.356. The molecule has 1 aromatic rings. The first kappa shape index (κ1) is 16.0. The Morgan fingerprint density at radius 3 is 2.32 bits per heavy atom. The molecule has 0 aromatic heterocycles. The van der Waals surface area contributed by atoms with E-state index >= 15 is 0 Å². The smallest absolute Gasteiger partial charge is 0.243 e. The molecular weight excluding hydrogens is 260 g/mol. The monoisotopic (exact) mass is 284 g/mol. The van der Waals surface area contributed by atoms with Crippen LogP contribution in [0.15, 0.2) is 11.0 Å². The van der Waals surface area contributed by atoms with E-state index in [1.165, 1.54) is 4.31 Å². The summed E-state index contributed by atoms with van der Waals surface area (Å²) in [5.74, 6) is 0. The minimum Gasteiger partial charge on any atom is -0.398 e. The van der Waals surface area contributed by atoms with Crippen molar-refractivity contribution >= 4 is 15.7 Å². The summed E-state index contributed by atoms with van der Waals surface area (Å²) < 4.78 is 26.6. The van der Waals surface area contributed by atoms with Crippen LogP contribution in [0.2, 0.25) is 0 Å². The number of unbranched alkanes of at least 4 members (excludes halogenated alkanes) is 1. The fourth-order valence-electron chi connectivity index (χ4n) is 2.24. The van der Waals surface area contributed by atoms with E-state index in [-0.39, 0.29) is 0 Å². The second-order valence-corrected chi connectivity index (χ2v) is 7.04. The largest absolute Gasteiger partial charge is 0.398 e. The van der Waals surface area contributed by atoms with Gasteiger partial charge in [0.1, 0.15) is 0 Å². The summed E-state index contributed by atoms with van der Waals surface area (Å²) in [6, 6.07) is 1.84. The van der Waals surface area contributed by atoms with Crippen molar-refractivity contribution in [1.29, 1.82) is 0 Å². The molecule has 108 valence electrons. The Kier molecular flexibility index (Phi) is 4.98. The van der Waals surface area contributed by atoms with E-state index in [4.69, 9.17) is 5.73 Å². The predicted octanol–water partition coefficient (Wildman–Crippen LogP) is 2.61. The van der Waals surface area contributed by atoms with Crippen LogP contribution < -0.4 is 5.73 Å². The van der Waals surface area contributed by atoms with Gasteiger partial charge < -0.3 is 5.73 Å². The normalized spacial score (nSPS) is 12.1. The molecule has 0 fully saturated rings. The Hall–Kier alpha value is -1.07. The molecule has 0 saturated heterocycles. The van der Waals surface area contributed by atoms with Crippen LogP contribution in [0.1, 0.15) is 36.5 Å². The number of hydrogen-bond acceptors (Lipinski definition) is 3. The number of anilines is 1. The highest BCUT2D eigenvalue weighted by Crippen LogP contribution is 2.29. The van der Waals surface area contributed by atoms with Crippen molar-refractivity contribution in [2.24, 2.45) is 0 Å². The van der Waals surface area contributed by atoms with E-state index in [0.717, 1.165) is 24.0 Å². The minimum atomic E-state index is -3.46. The summed E-state index contributed by atoms with van der Waals surface area (Å²) in [7, 11) is -1.83. The zero-order chi connectivity index (χ0) is 14.8. The van der Waals surface area contributed by atoms with Crippen molar-refractivity contribution in [3.05, 3.63) is 22.8 Å². The van der Waals surface area contributed by atoms with Crippen LogP contribution in [0.3, 0.4) is 0 Å². The maximum atomic E-state index is 12.6. The number of nitrogen functional groups attached to an aromatic ring is 1. The van der Waals surface area contributed by atoms with Gasteiger partial charge in [0.25, 0.3) is 0 Å². The fraction of sp³-hybridized carbons (Fsp3) is 0.571.